The number of sulfonamides is 1. The third-order valence-electron chi connectivity index (χ3n) is 10.9. The van der Waals surface area contributed by atoms with Crippen LogP contribution in [-0.2, 0) is 14.8 Å². The van der Waals surface area contributed by atoms with E-state index in [2.05, 4.69) is 4.90 Å². The molecule has 6 unspecified atom stereocenters. The lowest BCUT2D eigenvalue weighted by Crippen LogP contribution is -2.71. The van der Waals surface area contributed by atoms with Crippen molar-refractivity contribution >= 4 is 33.2 Å². The molecule has 4 fully saturated rings. The second kappa shape index (κ2) is 12.9. The van der Waals surface area contributed by atoms with Crippen molar-refractivity contribution in [3.05, 3.63) is 12.2 Å². The number of hydrogen-bond donors (Lipinski definition) is 0. The van der Waals surface area contributed by atoms with Crippen LogP contribution in [0, 0.1) is 29.6 Å². The van der Waals surface area contributed by atoms with Crippen LogP contribution in [0.4, 0.5) is 13.2 Å². The lowest BCUT2D eigenvalue weighted by atomic mass is 9.63. The van der Waals surface area contributed by atoms with E-state index >= 15 is 0 Å². The van der Waals surface area contributed by atoms with Gasteiger partial charge in [0.1, 0.15) is 0 Å². The molecule has 3 aliphatic carbocycles. The van der Waals surface area contributed by atoms with Gasteiger partial charge in [0.05, 0.1) is 28.5 Å². The maximum absolute atomic E-state index is 13.9. The molecule has 0 amide bonds. The topological polar surface area (TPSA) is 49.9 Å². The maximum Gasteiger partial charge on any atom is 0.393 e. The van der Waals surface area contributed by atoms with E-state index in [-0.39, 0.29) is 54.7 Å². The van der Waals surface area contributed by atoms with E-state index in [1.165, 1.54) is 4.31 Å². The highest BCUT2D eigenvalue weighted by Gasteiger charge is 2.56. The molecule has 2 aliphatic heterocycles. The predicted molar refractivity (Wildman–Crippen MR) is 153 cm³/mol. The Morgan fingerprint density at radius 2 is 1.57 bits per heavy atom. The van der Waals surface area contributed by atoms with Crippen LogP contribution in [0.1, 0.15) is 70.6 Å². The zero-order valence-electron chi connectivity index (χ0n) is 23.5. The lowest BCUT2D eigenvalue weighted by Gasteiger charge is -2.60. The van der Waals surface area contributed by atoms with Crippen LogP contribution in [0.25, 0.3) is 0 Å². The molecule has 11 heteroatoms. The molecule has 230 valence electrons. The number of fused-ring (bicyclic) bond motifs is 1. The molecule has 3 saturated carbocycles. The summed E-state index contributed by atoms with van der Waals surface area (Å²) < 4.78 is 76.4. The summed E-state index contributed by atoms with van der Waals surface area (Å²) in [5.41, 5.74) is 0. The fraction of sp³-hybridized carbons (Fsp3) is 0.931. The van der Waals surface area contributed by atoms with Gasteiger partial charge in [0.15, 0.2) is 0 Å². The van der Waals surface area contributed by atoms with Crippen molar-refractivity contribution in [1.82, 2.24) is 9.21 Å². The monoisotopic (exact) mass is 628 g/mol. The third kappa shape index (κ3) is 6.26. The molecule has 0 bridgehead atoms. The molecule has 5 rings (SSSR count). The van der Waals surface area contributed by atoms with E-state index < -0.39 is 27.4 Å². The number of hydrogen-bond acceptors (Lipinski definition) is 4. The van der Waals surface area contributed by atoms with Crippen LogP contribution < -0.4 is 0 Å². The molecule has 0 spiro atoms. The molecule has 40 heavy (non-hydrogen) atoms. The summed E-state index contributed by atoms with van der Waals surface area (Å²) in [6, 6.07) is 0.168. The van der Waals surface area contributed by atoms with Gasteiger partial charge in [-0.05, 0) is 75.0 Å². The summed E-state index contributed by atoms with van der Waals surface area (Å²) in [6.45, 7) is 1.67. The largest absolute Gasteiger partial charge is 0.393 e. The van der Waals surface area contributed by atoms with Crippen molar-refractivity contribution < 1.29 is 26.3 Å². The van der Waals surface area contributed by atoms with Crippen LogP contribution in [0.5, 0.6) is 0 Å². The van der Waals surface area contributed by atoms with Gasteiger partial charge in [-0.15, -0.1) is 23.2 Å². The third-order valence-corrected chi connectivity index (χ3v) is 14.5. The molecule has 0 aromatic heterocycles. The Bertz CT molecular complexity index is 991. The summed E-state index contributed by atoms with van der Waals surface area (Å²) in [5, 5.41) is -1.33. The Hall–Kier alpha value is -0.0600. The average Bonchev–Trinajstić information content (AvgIpc) is 2.91. The van der Waals surface area contributed by atoms with E-state index in [9.17, 15) is 21.6 Å². The Balaban J connectivity index is 1.32. The first-order chi connectivity index (χ1) is 19.0. The number of rotatable bonds is 6. The molecule has 5 aliphatic rings. The molecular formula is C29H45Cl2F3N2O3S. The number of halogens is 5. The van der Waals surface area contributed by atoms with Crippen molar-refractivity contribution in [2.45, 2.75) is 105 Å². The van der Waals surface area contributed by atoms with E-state index in [1.54, 1.807) is 13.2 Å². The Labute approximate surface area is 248 Å². The second-order valence-corrected chi connectivity index (χ2v) is 16.1. The maximum atomic E-state index is 13.9. The van der Waals surface area contributed by atoms with Crippen molar-refractivity contribution in [1.29, 1.82) is 0 Å². The summed E-state index contributed by atoms with van der Waals surface area (Å²) >= 11 is 13.3. The van der Waals surface area contributed by atoms with E-state index in [1.807, 2.05) is 6.08 Å². The van der Waals surface area contributed by atoms with Crippen molar-refractivity contribution in [2.24, 2.45) is 29.6 Å². The molecule has 1 saturated heterocycles. The van der Waals surface area contributed by atoms with E-state index in [4.69, 9.17) is 27.9 Å². The lowest BCUT2D eigenvalue weighted by molar-refractivity contribution is -0.180. The van der Waals surface area contributed by atoms with Gasteiger partial charge in [-0.2, -0.15) is 17.5 Å². The minimum Gasteiger partial charge on any atom is -0.383 e. The summed E-state index contributed by atoms with van der Waals surface area (Å²) in [5.74, 6) is -0.0688. The summed E-state index contributed by atoms with van der Waals surface area (Å²) in [7, 11) is -2.42. The van der Waals surface area contributed by atoms with Gasteiger partial charge in [0, 0.05) is 38.8 Å². The van der Waals surface area contributed by atoms with Crippen molar-refractivity contribution in [2.75, 3.05) is 33.4 Å². The minimum absolute atomic E-state index is 0.0166. The average molecular weight is 630 g/mol. The van der Waals surface area contributed by atoms with Gasteiger partial charge < -0.3 is 4.74 Å². The zero-order chi connectivity index (χ0) is 28.7. The molecule has 5 nitrogen and oxygen atoms in total. The summed E-state index contributed by atoms with van der Waals surface area (Å²) in [6.07, 6.45) is 7.76. The van der Waals surface area contributed by atoms with Gasteiger partial charge in [0.25, 0.3) is 0 Å². The molecule has 0 N–H and O–H groups in total. The Morgan fingerprint density at radius 3 is 2.27 bits per heavy atom. The van der Waals surface area contributed by atoms with Gasteiger partial charge in [-0.1, -0.05) is 31.4 Å². The second-order valence-electron chi connectivity index (χ2n) is 12.9. The van der Waals surface area contributed by atoms with Crippen molar-refractivity contribution in [3.63, 3.8) is 0 Å². The quantitative estimate of drug-likeness (QED) is 0.251. The van der Waals surface area contributed by atoms with Crippen LogP contribution >= 0.6 is 23.2 Å². The van der Waals surface area contributed by atoms with Gasteiger partial charge in [-0.3, -0.25) is 4.90 Å². The van der Waals surface area contributed by atoms with Gasteiger partial charge >= 0.3 is 6.18 Å². The van der Waals surface area contributed by atoms with Gasteiger partial charge in [-0.25, -0.2) is 8.42 Å². The van der Waals surface area contributed by atoms with Crippen LogP contribution in [0.15, 0.2) is 12.2 Å². The fourth-order valence-corrected chi connectivity index (χ4v) is 11.8. The summed E-state index contributed by atoms with van der Waals surface area (Å²) in [4.78, 5) is 2.31. The first-order valence-corrected chi connectivity index (χ1v) is 17.6. The Kier molecular flexibility index (Phi) is 10.1. The molecule has 8 atom stereocenters. The Morgan fingerprint density at radius 1 is 0.900 bits per heavy atom. The van der Waals surface area contributed by atoms with E-state index in [0.717, 1.165) is 44.9 Å². The highest BCUT2D eigenvalue weighted by molar-refractivity contribution is 7.89. The highest BCUT2D eigenvalue weighted by atomic mass is 35.5. The van der Waals surface area contributed by atoms with Crippen LogP contribution in [0.3, 0.4) is 0 Å². The first kappa shape index (κ1) is 31.4. The van der Waals surface area contributed by atoms with Crippen LogP contribution in [-0.4, -0.2) is 85.2 Å². The number of methoxy groups -OCH3 is 1. The van der Waals surface area contributed by atoms with Gasteiger partial charge in [0.2, 0.25) is 10.0 Å². The molecule has 2 heterocycles. The molecular weight excluding hydrogens is 584 g/mol. The molecule has 0 radical (unpaired) electrons. The predicted octanol–water partition coefficient (Wildman–Crippen LogP) is 6.45. The molecule has 0 aromatic carbocycles. The van der Waals surface area contributed by atoms with E-state index in [0.29, 0.717) is 43.7 Å². The standard InChI is InChI=1S/C29H45Cl2F3N2O3S/c1-39-18-25-27(20-13-11-19(12-14-20)21-7-6-9-23(30)28(21)31)24-17-35(15-4-5-16-36(24)25)40(37,38)26-10-3-2-8-22(26)29(32,33)34/h4-5,19-28H,2-3,6-18H2,1H3/b5-4-/t19?,20?,21?,22?,23?,24?,25-,26?,27+,28?/m1/s1. The highest BCUT2D eigenvalue weighted by Crippen LogP contribution is 2.50. The number of nitrogens with zero attached hydrogens (tertiary/aromatic N) is 2. The van der Waals surface area contributed by atoms with Crippen molar-refractivity contribution in [3.8, 4) is 0 Å². The first-order valence-electron chi connectivity index (χ1n) is 15.3. The smallest absolute Gasteiger partial charge is 0.383 e. The number of ether oxygens (including phenoxy) is 1. The number of alkyl halides is 5. The SMILES string of the molecule is COC[C@@H]1[C@@H](C2CCC(C3CCCC(Cl)C3Cl)CC2)C2CN(S(=O)(=O)C3CCCCC3C(F)(F)F)C/C=C\CN21. The normalized spacial score (nSPS) is 43.2. The zero-order valence-corrected chi connectivity index (χ0v) is 25.8. The fourth-order valence-electron chi connectivity index (χ4n) is 8.83. The van der Waals surface area contributed by atoms with Crippen LogP contribution in [0.2, 0.25) is 0 Å². The molecule has 0 aromatic rings. The minimum atomic E-state index is -4.51.